The van der Waals surface area contributed by atoms with Gasteiger partial charge >= 0.3 is 0 Å². The predicted molar refractivity (Wildman–Crippen MR) is 78.0 cm³/mol. The molecule has 0 spiro atoms. The molecule has 0 saturated carbocycles. The smallest absolute Gasteiger partial charge is 0.0649 e. The molecule has 2 aromatic rings. The molecule has 3 rings (SSSR count). The summed E-state index contributed by atoms with van der Waals surface area (Å²) in [4.78, 5) is 5.77. The molecule has 1 aliphatic rings. The van der Waals surface area contributed by atoms with Crippen molar-refractivity contribution in [3.8, 4) is 0 Å². The van der Waals surface area contributed by atoms with E-state index in [0.29, 0.717) is 0 Å². The second kappa shape index (κ2) is 4.79. The Morgan fingerprint density at radius 2 is 2.28 bits per heavy atom. The monoisotopic (exact) mass is 260 g/mol. The lowest BCUT2D eigenvalue weighted by molar-refractivity contribution is 0.321. The van der Waals surface area contributed by atoms with Gasteiger partial charge in [0.2, 0.25) is 0 Å². The Hall–Kier alpha value is -1.25. The minimum Gasteiger partial charge on any atom is -0.359 e. The van der Waals surface area contributed by atoms with Gasteiger partial charge in [0, 0.05) is 30.2 Å². The third kappa shape index (κ3) is 1.96. The summed E-state index contributed by atoms with van der Waals surface area (Å²) in [6.45, 7) is 5.54. The molecule has 0 fully saturated rings. The third-order valence-electron chi connectivity index (χ3n) is 3.69. The Morgan fingerprint density at radius 3 is 3.11 bits per heavy atom. The first-order valence-electron chi connectivity index (χ1n) is 6.47. The van der Waals surface area contributed by atoms with Gasteiger partial charge in [-0.25, -0.2) is 0 Å². The van der Waals surface area contributed by atoms with E-state index in [4.69, 9.17) is 11.6 Å². The molecule has 94 valence electrons. The van der Waals surface area contributed by atoms with Gasteiger partial charge in [-0.3, -0.25) is 4.90 Å². The van der Waals surface area contributed by atoms with Crippen molar-refractivity contribution >= 4 is 28.1 Å². The van der Waals surface area contributed by atoms with E-state index in [1.165, 1.54) is 23.1 Å². The highest BCUT2D eigenvalue weighted by Crippen LogP contribution is 2.31. The van der Waals surface area contributed by atoms with Crippen LogP contribution in [-0.4, -0.2) is 29.5 Å². The topological polar surface area (TPSA) is 19.0 Å². The lowest BCUT2D eigenvalue weighted by atomic mass is 10.0. The van der Waals surface area contributed by atoms with E-state index in [1.807, 2.05) is 12.1 Å². The number of nitrogens with one attached hydrogen (secondary N) is 1. The number of aromatic amines is 1. The van der Waals surface area contributed by atoms with Crippen LogP contribution in [0.4, 0.5) is 0 Å². The molecule has 0 unspecified atom stereocenters. The van der Waals surface area contributed by atoms with Crippen LogP contribution in [0.3, 0.4) is 0 Å². The molecule has 0 saturated heterocycles. The molecule has 3 heteroatoms. The maximum atomic E-state index is 6.20. The Balaban J connectivity index is 2.05. The van der Waals surface area contributed by atoms with Crippen molar-refractivity contribution in [3.05, 3.63) is 41.1 Å². The summed E-state index contributed by atoms with van der Waals surface area (Å²) in [5.74, 6) is 0. The van der Waals surface area contributed by atoms with Crippen LogP contribution in [-0.2, 0) is 0 Å². The summed E-state index contributed by atoms with van der Waals surface area (Å²) in [6.07, 6.45) is 5.58. The van der Waals surface area contributed by atoms with Crippen molar-refractivity contribution in [3.63, 3.8) is 0 Å². The van der Waals surface area contributed by atoms with E-state index in [0.717, 1.165) is 30.0 Å². The normalized spacial score (nSPS) is 17.1. The van der Waals surface area contributed by atoms with Gasteiger partial charge < -0.3 is 4.98 Å². The highest BCUT2D eigenvalue weighted by Gasteiger charge is 2.15. The summed E-state index contributed by atoms with van der Waals surface area (Å²) in [5, 5.41) is 2.02. The van der Waals surface area contributed by atoms with Gasteiger partial charge in [0.25, 0.3) is 0 Å². The van der Waals surface area contributed by atoms with Gasteiger partial charge in [0.1, 0.15) is 0 Å². The lowest BCUT2D eigenvalue weighted by Gasteiger charge is -2.25. The average molecular weight is 261 g/mol. The van der Waals surface area contributed by atoms with Gasteiger partial charge in [-0.05, 0) is 24.6 Å². The lowest BCUT2D eigenvalue weighted by Crippen LogP contribution is -2.29. The Labute approximate surface area is 112 Å². The van der Waals surface area contributed by atoms with Gasteiger partial charge in [0.05, 0.1) is 10.5 Å². The maximum Gasteiger partial charge on any atom is 0.0649 e. The Bertz CT molecular complexity index is 598. The number of nitrogens with zero attached hydrogens (tertiary/aromatic N) is 1. The van der Waals surface area contributed by atoms with Gasteiger partial charge in [0.15, 0.2) is 0 Å². The fraction of sp³-hybridized carbons (Fsp3) is 0.333. The van der Waals surface area contributed by atoms with E-state index in [-0.39, 0.29) is 0 Å². The minimum atomic E-state index is 0.794. The molecule has 0 aliphatic carbocycles. The second-order valence-electron chi connectivity index (χ2n) is 4.75. The molecular weight excluding hydrogens is 244 g/mol. The number of hydrogen-bond donors (Lipinski definition) is 1. The third-order valence-corrected chi connectivity index (χ3v) is 4.00. The van der Waals surface area contributed by atoms with Crippen molar-refractivity contribution in [2.24, 2.45) is 0 Å². The molecular formula is C15H17ClN2. The van der Waals surface area contributed by atoms with Crippen molar-refractivity contribution in [2.45, 2.75) is 13.3 Å². The summed E-state index contributed by atoms with van der Waals surface area (Å²) in [5.41, 5.74) is 3.76. The molecule has 18 heavy (non-hydrogen) atoms. The number of H-pyrrole nitrogens is 1. The quantitative estimate of drug-likeness (QED) is 0.867. The van der Waals surface area contributed by atoms with Crippen molar-refractivity contribution in [1.29, 1.82) is 0 Å². The Kier molecular flexibility index (Phi) is 3.14. The number of rotatable bonds is 2. The molecule has 2 heterocycles. The molecule has 1 aromatic heterocycles. The van der Waals surface area contributed by atoms with Crippen LogP contribution in [0.2, 0.25) is 5.02 Å². The SMILES string of the molecule is CCN1CCC=C(c2c[nH]c3c(Cl)cccc23)C1. The number of fused-ring (bicyclic) bond motifs is 1. The summed E-state index contributed by atoms with van der Waals surface area (Å²) in [7, 11) is 0. The zero-order valence-corrected chi connectivity index (χ0v) is 11.3. The molecule has 0 amide bonds. The number of aromatic nitrogens is 1. The minimum absolute atomic E-state index is 0.794. The van der Waals surface area contributed by atoms with E-state index in [2.05, 4.69) is 35.1 Å². The first-order valence-corrected chi connectivity index (χ1v) is 6.84. The standard InChI is InChI=1S/C15H17ClN2/c1-2-18-8-4-5-11(10-18)13-9-17-15-12(13)6-3-7-14(15)16/h3,5-7,9,17H,2,4,8,10H2,1H3. The highest BCUT2D eigenvalue weighted by molar-refractivity contribution is 6.35. The first kappa shape index (κ1) is 11.8. The van der Waals surface area contributed by atoms with Crippen LogP contribution >= 0.6 is 11.6 Å². The van der Waals surface area contributed by atoms with Crippen LogP contribution in [0, 0.1) is 0 Å². The molecule has 0 atom stereocenters. The van der Waals surface area contributed by atoms with E-state index < -0.39 is 0 Å². The number of para-hydroxylation sites is 1. The van der Waals surface area contributed by atoms with Crippen LogP contribution in [0.15, 0.2) is 30.5 Å². The number of hydrogen-bond acceptors (Lipinski definition) is 1. The highest BCUT2D eigenvalue weighted by atomic mass is 35.5. The second-order valence-corrected chi connectivity index (χ2v) is 5.16. The number of likely N-dealkylation sites (N-methyl/N-ethyl adjacent to an activating group) is 1. The molecule has 1 aliphatic heterocycles. The summed E-state index contributed by atoms with van der Waals surface area (Å²) < 4.78 is 0. The Morgan fingerprint density at radius 1 is 1.39 bits per heavy atom. The van der Waals surface area contributed by atoms with E-state index in [1.54, 1.807) is 0 Å². The van der Waals surface area contributed by atoms with Crippen molar-refractivity contribution in [1.82, 2.24) is 9.88 Å². The van der Waals surface area contributed by atoms with Gasteiger partial charge in [-0.2, -0.15) is 0 Å². The number of benzene rings is 1. The van der Waals surface area contributed by atoms with Crippen LogP contribution in [0.5, 0.6) is 0 Å². The maximum absolute atomic E-state index is 6.20. The predicted octanol–water partition coefficient (Wildman–Crippen LogP) is 3.93. The van der Waals surface area contributed by atoms with Crippen molar-refractivity contribution in [2.75, 3.05) is 19.6 Å². The van der Waals surface area contributed by atoms with Crippen molar-refractivity contribution < 1.29 is 0 Å². The van der Waals surface area contributed by atoms with Gasteiger partial charge in [-0.15, -0.1) is 0 Å². The zero-order chi connectivity index (χ0) is 12.5. The van der Waals surface area contributed by atoms with E-state index >= 15 is 0 Å². The van der Waals surface area contributed by atoms with Crippen LogP contribution in [0.1, 0.15) is 18.9 Å². The molecule has 0 radical (unpaired) electrons. The van der Waals surface area contributed by atoms with Crippen LogP contribution < -0.4 is 0 Å². The fourth-order valence-electron chi connectivity index (χ4n) is 2.65. The molecule has 2 nitrogen and oxygen atoms in total. The van der Waals surface area contributed by atoms with Crippen LogP contribution in [0.25, 0.3) is 16.5 Å². The zero-order valence-electron chi connectivity index (χ0n) is 10.5. The van der Waals surface area contributed by atoms with E-state index in [9.17, 15) is 0 Å². The largest absolute Gasteiger partial charge is 0.359 e. The molecule has 1 N–H and O–H groups in total. The average Bonchev–Trinajstić information content (AvgIpc) is 2.84. The first-order chi connectivity index (χ1) is 8.79. The summed E-state index contributed by atoms with van der Waals surface area (Å²) in [6, 6.07) is 6.08. The molecule has 0 bridgehead atoms. The number of halogens is 1. The fourth-order valence-corrected chi connectivity index (χ4v) is 2.88. The van der Waals surface area contributed by atoms with Gasteiger partial charge in [-0.1, -0.05) is 36.7 Å². The summed E-state index contributed by atoms with van der Waals surface area (Å²) >= 11 is 6.20. The molecule has 1 aromatic carbocycles.